The van der Waals surface area contributed by atoms with Gasteiger partial charge in [0.15, 0.2) is 4.67 Å². The molecule has 8 heteroatoms. The van der Waals surface area contributed by atoms with Gasteiger partial charge in [-0.15, -0.1) is 0 Å². The van der Waals surface area contributed by atoms with Gasteiger partial charge in [-0.1, -0.05) is 6.92 Å². The molecule has 0 saturated carbocycles. The fourth-order valence-electron chi connectivity index (χ4n) is 2.22. The summed E-state index contributed by atoms with van der Waals surface area (Å²) in [5.74, 6) is 0.599. The highest BCUT2D eigenvalue weighted by Crippen LogP contribution is 2.29. The maximum absolute atomic E-state index is 12.8. The van der Waals surface area contributed by atoms with E-state index in [1.165, 1.54) is 4.31 Å². The van der Waals surface area contributed by atoms with Crippen molar-refractivity contribution in [2.75, 3.05) is 26.2 Å². The average Bonchev–Trinajstić information content (AvgIpc) is 2.66. The topological polar surface area (TPSA) is 71.8 Å². The van der Waals surface area contributed by atoms with Crippen LogP contribution in [0.5, 0.6) is 0 Å². The Balaban J connectivity index is 2.23. The molecular formula is C13H21BrN2O4S. The predicted molar refractivity (Wildman–Crippen MR) is 82.6 cm³/mol. The molecule has 1 aliphatic rings. The van der Waals surface area contributed by atoms with Gasteiger partial charge in [-0.05, 0) is 35.8 Å². The molecule has 0 spiro atoms. The molecule has 120 valence electrons. The van der Waals surface area contributed by atoms with Gasteiger partial charge in [-0.2, -0.15) is 4.31 Å². The second-order valence-corrected chi connectivity index (χ2v) is 7.66. The Morgan fingerprint density at radius 2 is 2.29 bits per heavy atom. The van der Waals surface area contributed by atoms with E-state index in [2.05, 4.69) is 21.2 Å². The number of nitrogens with one attached hydrogen (secondary N) is 1. The summed E-state index contributed by atoms with van der Waals surface area (Å²) in [6.07, 6.45) is 0.595. The van der Waals surface area contributed by atoms with Crippen LogP contribution < -0.4 is 5.32 Å². The van der Waals surface area contributed by atoms with Gasteiger partial charge in [0.05, 0.1) is 12.6 Å². The molecule has 2 rings (SSSR count). The summed E-state index contributed by atoms with van der Waals surface area (Å²) >= 11 is 3.21. The third-order valence-corrected chi connectivity index (χ3v) is 6.01. The highest BCUT2D eigenvalue weighted by Gasteiger charge is 2.31. The lowest BCUT2D eigenvalue weighted by molar-refractivity contribution is 0.0752. The van der Waals surface area contributed by atoms with E-state index in [4.69, 9.17) is 9.15 Å². The van der Waals surface area contributed by atoms with Crippen LogP contribution in [0.3, 0.4) is 0 Å². The second kappa shape index (κ2) is 7.23. The van der Waals surface area contributed by atoms with E-state index in [0.717, 1.165) is 6.54 Å². The van der Waals surface area contributed by atoms with Crippen LogP contribution in [0, 0.1) is 0 Å². The van der Waals surface area contributed by atoms with Crippen LogP contribution in [0.15, 0.2) is 20.0 Å². The smallest absolute Gasteiger partial charge is 0.247 e. The molecule has 21 heavy (non-hydrogen) atoms. The first kappa shape index (κ1) is 17.0. The lowest BCUT2D eigenvalue weighted by Gasteiger charge is -2.20. The number of hydrogen-bond acceptors (Lipinski definition) is 5. The van der Waals surface area contributed by atoms with Crippen LogP contribution >= 0.6 is 15.9 Å². The summed E-state index contributed by atoms with van der Waals surface area (Å²) in [7, 11) is -3.57. The molecule has 1 N–H and O–H groups in total. The van der Waals surface area contributed by atoms with Crippen LogP contribution in [0.4, 0.5) is 0 Å². The Hall–Kier alpha value is -0.410. The van der Waals surface area contributed by atoms with E-state index in [1.54, 1.807) is 6.07 Å². The minimum absolute atomic E-state index is 0.103. The number of ether oxygens (including phenoxy) is 1. The first-order valence-electron chi connectivity index (χ1n) is 7.05. The monoisotopic (exact) mass is 380 g/mol. The van der Waals surface area contributed by atoms with Crippen LogP contribution in [0.1, 0.15) is 26.0 Å². The maximum Gasteiger partial charge on any atom is 0.247 e. The van der Waals surface area contributed by atoms with Gasteiger partial charge in [0, 0.05) is 25.8 Å². The normalized spacial score (nSPS) is 21.4. The van der Waals surface area contributed by atoms with E-state index in [9.17, 15) is 8.42 Å². The molecule has 1 aliphatic heterocycles. The maximum atomic E-state index is 12.8. The largest absolute Gasteiger partial charge is 0.452 e. The minimum atomic E-state index is -3.57. The summed E-state index contributed by atoms with van der Waals surface area (Å²) in [5, 5.41) is 3.11. The van der Waals surface area contributed by atoms with Gasteiger partial charge in [0.1, 0.15) is 10.7 Å². The molecule has 1 atom stereocenters. The second-order valence-electron chi connectivity index (χ2n) is 5.03. The van der Waals surface area contributed by atoms with Crippen molar-refractivity contribution in [3.05, 3.63) is 16.5 Å². The van der Waals surface area contributed by atoms with E-state index >= 15 is 0 Å². The van der Waals surface area contributed by atoms with Crippen molar-refractivity contribution in [2.45, 2.75) is 37.8 Å². The Labute approximate surface area is 134 Å². The van der Waals surface area contributed by atoms with Crippen molar-refractivity contribution >= 4 is 26.0 Å². The van der Waals surface area contributed by atoms with Crippen LogP contribution in [0.2, 0.25) is 0 Å². The van der Waals surface area contributed by atoms with Crippen molar-refractivity contribution in [1.82, 2.24) is 9.62 Å². The number of nitrogens with zero attached hydrogens (tertiary/aromatic N) is 1. The molecule has 0 aromatic carbocycles. The Morgan fingerprint density at radius 1 is 1.52 bits per heavy atom. The molecule has 6 nitrogen and oxygen atoms in total. The van der Waals surface area contributed by atoms with Crippen molar-refractivity contribution < 1.29 is 17.6 Å². The summed E-state index contributed by atoms with van der Waals surface area (Å²) in [6.45, 7) is 6.58. The molecule has 1 fully saturated rings. The number of furan rings is 1. The molecule has 0 bridgehead atoms. The van der Waals surface area contributed by atoms with Gasteiger partial charge in [-0.3, -0.25) is 0 Å². The lowest BCUT2D eigenvalue weighted by Crippen LogP contribution is -2.35. The summed E-state index contributed by atoms with van der Waals surface area (Å²) < 4.78 is 38.2. The van der Waals surface area contributed by atoms with E-state index in [0.29, 0.717) is 38.4 Å². The number of rotatable bonds is 5. The highest BCUT2D eigenvalue weighted by molar-refractivity contribution is 9.10. The fraction of sp³-hybridized carbons (Fsp3) is 0.692. The number of hydrogen-bond donors (Lipinski definition) is 1. The zero-order valence-electron chi connectivity index (χ0n) is 12.3. The lowest BCUT2D eigenvalue weighted by atomic mass is 10.4. The Morgan fingerprint density at radius 3 is 3.00 bits per heavy atom. The van der Waals surface area contributed by atoms with Crippen molar-refractivity contribution in [3.8, 4) is 0 Å². The first-order chi connectivity index (χ1) is 9.95. The summed E-state index contributed by atoms with van der Waals surface area (Å²) in [4.78, 5) is 0.185. The Bertz CT molecular complexity index is 573. The number of sulfonamides is 1. The molecule has 1 aromatic rings. The molecule has 0 radical (unpaired) electrons. The van der Waals surface area contributed by atoms with E-state index in [-0.39, 0.29) is 15.7 Å². The molecule has 1 saturated heterocycles. The van der Waals surface area contributed by atoms with Crippen LogP contribution in [-0.2, 0) is 21.3 Å². The first-order valence-corrected chi connectivity index (χ1v) is 9.29. The summed E-state index contributed by atoms with van der Waals surface area (Å²) in [5.41, 5.74) is 0. The van der Waals surface area contributed by atoms with Crippen molar-refractivity contribution in [1.29, 1.82) is 0 Å². The molecule has 1 aromatic heterocycles. The Kier molecular flexibility index (Phi) is 5.84. The molecular weight excluding hydrogens is 360 g/mol. The van der Waals surface area contributed by atoms with E-state index < -0.39 is 10.0 Å². The van der Waals surface area contributed by atoms with Gasteiger partial charge >= 0.3 is 0 Å². The van der Waals surface area contributed by atoms with Gasteiger partial charge in [0.2, 0.25) is 10.0 Å². The number of halogens is 1. The third kappa shape index (κ3) is 4.07. The predicted octanol–water partition coefficient (Wildman–Crippen LogP) is 1.95. The minimum Gasteiger partial charge on any atom is -0.452 e. The van der Waals surface area contributed by atoms with Gasteiger partial charge < -0.3 is 14.5 Å². The highest BCUT2D eigenvalue weighted by atomic mass is 79.9. The molecule has 2 heterocycles. The third-order valence-electron chi connectivity index (χ3n) is 3.29. The molecule has 0 aliphatic carbocycles. The van der Waals surface area contributed by atoms with Gasteiger partial charge in [-0.25, -0.2) is 8.42 Å². The summed E-state index contributed by atoms with van der Waals surface area (Å²) in [6, 6.07) is 1.58. The fourth-order valence-corrected chi connectivity index (χ4v) is 4.74. The standard InChI is InChI=1S/C13H21BrN2O4S/c1-3-15-8-11-7-12(13(14)20-11)21(17,18)16-5-4-6-19-10(2)9-16/h7,10,15H,3-6,8-9H2,1-2H3. The quantitative estimate of drug-likeness (QED) is 0.844. The van der Waals surface area contributed by atoms with E-state index in [1.807, 2.05) is 13.8 Å². The zero-order chi connectivity index (χ0) is 15.5. The molecule has 1 unspecified atom stereocenters. The van der Waals surface area contributed by atoms with Crippen molar-refractivity contribution in [3.63, 3.8) is 0 Å². The van der Waals surface area contributed by atoms with Crippen LogP contribution in [-0.4, -0.2) is 45.1 Å². The van der Waals surface area contributed by atoms with Crippen LogP contribution in [0.25, 0.3) is 0 Å². The zero-order valence-corrected chi connectivity index (χ0v) is 14.7. The van der Waals surface area contributed by atoms with Gasteiger partial charge in [0.25, 0.3) is 0 Å². The van der Waals surface area contributed by atoms with Crippen molar-refractivity contribution in [2.24, 2.45) is 0 Å². The SMILES string of the molecule is CCNCc1cc(S(=O)(=O)N2CCCOC(C)C2)c(Br)o1. The average molecular weight is 381 g/mol. The molecule has 0 amide bonds.